The van der Waals surface area contributed by atoms with Crippen LogP contribution in [-0.4, -0.2) is 10.8 Å². The van der Waals surface area contributed by atoms with Crippen LogP contribution in [0, 0.1) is 0 Å². The maximum absolute atomic E-state index is 11.1. The molecule has 0 spiro atoms. The maximum atomic E-state index is 11.1. The molecular weight excluding hydrogens is 186 g/mol. The average molecular weight is 194 g/mol. The Morgan fingerprint density at radius 1 is 1.46 bits per heavy atom. The van der Waals surface area contributed by atoms with Gasteiger partial charge in [0.05, 0.1) is 5.02 Å². The first-order chi connectivity index (χ1) is 6.18. The van der Waals surface area contributed by atoms with E-state index in [-0.39, 0.29) is 5.78 Å². The fourth-order valence-corrected chi connectivity index (χ4v) is 1.61. The van der Waals surface area contributed by atoms with Gasteiger partial charge in [-0.25, -0.2) is 0 Å². The lowest BCUT2D eigenvalue weighted by Gasteiger charge is -1.98. The Hall–Kier alpha value is -1.28. The number of carbonyl (C=O) groups excluding carboxylic acids is 1. The number of benzene rings is 1. The normalized spacial score (nSPS) is 10.6. The Bertz CT molecular complexity index is 473. The quantitative estimate of drug-likeness (QED) is 0.694. The molecule has 66 valence electrons. The fourth-order valence-electron chi connectivity index (χ4n) is 1.32. The third-order valence-corrected chi connectivity index (χ3v) is 2.34. The molecule has 0 bridgehead atoms. The minimum Gasteiger partial charge on any atom is -0.361 e. The van der Waals surface area contributed by atoms with E-state index in [9.17, 15) is 4.79 Å². The Balaban J connectivity index is 2.77. The lowest BCUT2D eigenvalue weighted by atomic mass is 10.1. The number of rotatable bonds is 1. The second kappa shape index (κ2) is 2.89. The summed E-state index contributed by atoms with van der Waals surface area (Å²) in [6, 6.07) is 5.39. The highest BCUT2D eigenvalue weighted by Crippen LogP contribution is 2.24. The second-order valence-corrected chi connectivity index (χ2v) is 3.36. The summed E-state index contributed by atoms with van der Waals surface area (Å²) in [5, 5.41) is 1.57. The first-order valence-electron chi connectivity index (χ1n) is 3.96. The number of Topliss-reactive ketones (excluding diaryl/α,β-unsaturated/α-hetero) is 1. The number of H-pyrrole nitrogens is 1. The number of hydrogen-bond acceptors (Lipinski definition) is 1. The van der Waals surface area contributed by atoms with Crippen LogP contribution in [0.2, 0.25) is 5.02 Å². The molecule has 2 aromatic rings. The van der Waals surface area contributed by atoms with Crippen molar-refractivity contribution in [1.82, 2.24) is 4.98 Å². The van der Waals surface area contributed by atoms with Gasteiger partial charge in [-0.1, -0.05) is 11.6 Å². The van der Waals surface area contributed by atoms with Gasteiger partial charge >= 0.3 is 0 Å². The molecule has 0 saturated carbocycles. The predicted molar refractivity (Wildman–Crippen MR) is 53.3 cm³/mol. The van der Waals surface area contributed by atoms with Crippen molar-refractivity contribution in [2.24, 2.45) is 0 Å². The van der Waals surface area contributed by atoms with Crippen molar-refractivity contribution in [3.63, 3.8) is 0 Å². The molecule has 1 aromatic heterocycles. The van der Waals surface area contributed by atoms with E-state index >= 15 is 0 Å². The Morgan fingerprint density at radius 3 is 2.92 bits per heavy atom. The highest BCUT2D eigenvalue weighted by molar-refractivity contribution is 6.35. The standard InChI is InChI=1S/C10H8ClNO/c1-6(13)7-4-9(11)8-2-3-12-10(8)5-7/h2-5,12H,1H3. The first kappa shape index (κ1) is 8.32. The number of halogens is 1. The minimum absolute atomic E-state index is 0.0263. The molecule has 0 aliphatic heterocycles. The summed E-state index contributed by atoms with van der Waals surface area (Å²) >= 11 is 5.98. The highest BCUT2D eigenvalue weighted by Gasteiger charge is 2.05. The van der Waals surface area contributed by atoms with Crippen LogP contribution in [0.25, 0.3) is 10.9 Å². The Kier molecular flexibility index (Phi) is 1.85. The minimum atomic E-state index is 0.0263. The van der Waals surface area contributed by atoms with Crippen LogP contribution in [0.5, 0.6) is 0 Å². The predicted octanol–water partition coefficient (Wildman–Crippen LogP) is 3.02. The van der Waals surface area contributed by atoms with Crippen LogP contribution >= 0.6 is 11.6 Å². The van der Waals surface area contributed by atoms with E-state index in [1.807, 2.05) is 12.1 Å². The van der Waals surface area contributed by atoms with E-state index in [4.69, 9.17) is 11.6 Å². The topological polar surface area (TPSA) is 32.9 Å². The van der Waals surface area contributed by atoms with E-state index in [0.717, 1.165) is 10.9 Å². The van der Waals surface area contributed by atoms with Gasteiger partial charge < -0.3 is 4.98 Å². The van der Waals surface area contributed by atoms with Gasteiger partial charge in [0.2, 0.25) is 0 Å². The number of hydrogen-bond donors (Lipinski definition) is 1. The van der Waals surface area contributed by atoms with Crippen LogP contribution in [0.1, 0.15) is 17.3 Å². The van der Waals surface area contributed by atoms with Crippen molar-refractivity contribution >= 4 is 28.3 Å². The summed E-state index contributed by atoms with van der Waals surface area (Å²) in [5.74, 6) is 0.0263. The van der Waals surface area contributed by atoms with Gasteiger partial charge in [0, 0.05) is 22.7 Å². The van der Waals surface area contributed by atoms with E-state index in [2.05, 4.69) is 4.98 Å². The Labute approximate surface area is 80.5 Å². The molecule has 1 heterocycles. The zero-order valence-corrected chi connectivity index (χ0v) is 7.85. The largest absolute Gasteiger partial charge is 0.361 e. The summed E-state index contributed by atoms with van der Waals surface area (Å²) in [7, 11) is 0. The Morgan fingerprint density at radius 2 is 2.23 bits per heavy atom. The number of ketones is 1. The monoisotopic (exact) mass is 193 g/mol. The van der Waals surface area contributed by atoms with Crippen molar-refractivity contribution in [2.75, 3.05) is 0 Å². The number of aromatic nitrogens is 1. The van der Waals surface area contributed by atoms with E-state index < -0.39 is 0 Å². The van der Waals surface area contributed by atoms with Gasteiger partial charge in [-0.15, -0.1) is 0 Å². The highest BCUT2D eigenvalue weighted by atomic mass is 35.5. The molecule has 1 aromatic carbocycles. The van der Waals surface area contributed by atoms with Crippen LogP contribution in [0.4, 0.5) is 0 Å². The summed E-state index contributed by atoms with van der Waals surface area (Å²) in [6.07, 6.45) is 1.81. The van der Waals surface area contributed by atoms with E-state index in [0.29, 0.717) is 10.6 Å². The fraction of sp³-hybridized carbons (Fsp3) is 0.100. The molecule has 0 radical (unpaired) electrons. The summed E-state index contributed by atoms with van der Waals surface area (Å²) in [6.45, 7) is 1.53. The van der Waals surface area contributed by atoms with Crippen molar-refractivity contribution < 1.29 is 4.79 Å². The van der Waals surface area contributed by atoms with Gasteiger partial charge in [-0.3, -0.25) is 4.79 Å². The SMILES string of the molecule is CC(=O)c1cc(Cl)c2cc[nH]c2c1. The van der Waals surface area contributed by atoms with Crippen molar-refractivity contribution in [1.29, 1.82) is 0 Å². The molecule has 1 N–H and O–H groups in total. The molecule has 0 fully saturated rings. The molecule has 0 aliphatic carbocycles. The van der Waals surface area contributed by atoms with Crippen molar-refractivity contribution in [2.45, 2.75) is 6.92 Å². The zero-order valence-electron chi connectivity index (χ0n) is 7.10. The summed E-state index contributed by atoms with van der Waals surface area (Å²) < 4.78 is 0. The third-order valence-electron chi connectivity index (χ3n) is 2.02. The molecule has 2 rings (SSSR count). The van der Waals surface area contributed by atoms with Crippen molar-refractivity contribution in [3.8, 4) is 0 Å². The van der Waals surface area contributed by atoms with Gasteiger partial charge in [0.15, 0.2) is 5.78 Å². The third kappa shape index (κ3) is 1.33. The molecule has 0 aliphatic rings. The number of aromatic amines is 1. The number of nitrogens with one attached hydrogen (secondary N) is 1. The molecule has 13 heavy (non-hydrogen) atoms. The smallest absolute Gasteiger partial charge is 0.159 e. The average Bonchev–Trinajstić information content (AvgIpc) is 2.51. The lowest BCUT2D eigenvalue weighted by Crippen LogP contribution is -1.91. The molecule has 3 heteroatoms. The second-order valence-electron chi connectivity index (χ2n) is 2.95. The molecule has 0 saturated heterocycles. The molecule has 0 amide bonds. The molecule has 0 atom stereocenters. The molecule has 2 nitrogen and oxygen atoms in total. The summed E-state index contributed by atoms with van der Waals surface area (Å²) in [4.78, 5) is 14.1. The van der Waals surface area contributed by atoms with Gasteiger partial charge in [-0.05, 0) is 25.1 Å². The van der Waals surface area contributed by atoms with E-state index in [1.165, 1.54) is 6.92 Å². The van der Waals surface area contributed by atoms with Crippen LogP contribution in [0.15, 0.2) is 24.4 Å². The van der Waals surface area contributed by atoms with Crippen LogP contribution in [0.3, 0.4) is 0 Å². The lowest BCUT2D eigenvalue weighted by molar-refractivity contribution is 0.101. The van der Waals surface area contributed by atoms with Crippen LogP contribution in [-0.2, 0) is 0 Å². The maximum Gasteiger partial charge on any atom is 0.159 e. The molecular formula is C10H8ClNO. The molecule has 0 unspecified atom stereocenters. The first-order valence-corrected chi connectivity index (χ1v) is 4.34. The van der Waals surface area contributed by atoms with Gasteiger partial charge in [0.25, 0.3) is 0 Å². The van der Waals surface area contributed by atoms with Gasteiger partial charge in [-0.2, -0.15) is 0 Å². The number of fused-ring (bicyclic) bond motifs is 1. The van der Waals surface area contributed by atoms with Crippen LogP contribution < -0.4 is 0 Å². The zero-order chi connectivity index (χ0) is 9.42. The summed E-state index contributed by atoms with van der Waals surface area (Å²) in [5.41, 5.74) is 1.54. The van der Waals surface area contributed by atoms with E-state index in [1.54, 1.807) is 12.3 Å². The number of carbonyl (C=O) groups is 1. The van der Waals surface area contributed by atoms with Crippen molar-refractivity contribution in [3.05, 3.63) is 35.0 Å². The van der Waals surface area contributed by atoms with Gasteiger partial charge in [0.1, 0.15) is 0 Å².